The summed E-state index contributed by atoms with van der Waals surface area (Å²) >= 11 is 0. The summed E-state index contributed by atoms with van der Waals surface area (Å²) in [6, 6.07) is 0. The highest BCUT2D eigenvalue weighted by atomic mass is 32.2. The van der Waals surface area contributed by atoms with E-state index in [1.165, 1.54) is 4.31 Å². The Morgan fingerprint density at radius 3 is 2.33 bits per heavy atom. The molecule has 6 nitrogen and oxygen atoms in total. The minimum Gasteiger partial charge on any atom is -0.480 e. The number of sulfonamides is 1. The number of ether oxygens (including phenoxy) is 1. The molecular weight excluding hydrogens is 222 g/mol. The first kappa shape index (κ1) is 10.8. The number of fused-ring (bicyclic) bond motifs is 2. The fraction of sp³-hybridized carbons (Fsp3) is 0.875. The van der Waals surface area contributed by atoms with Gasteiger partial charge in [-0.3, -0.25) is 4.79 Å². The predicted molar refractivity (Wildman–Crippen MR) is 50.9 cm³/mol. The zero-order valence-electron chi connectivity index (χ0n) is 8.13. The molecule has 2 bridgehead atoms. The molecule has 0 aromatic rings. The smallest absolute Gasteiger partial charge is 0.320 e. The molecular formula is C8H13NO5S. The van der Waals surface area contributed by atoms with Gasteiger partial charge in [0.25, 0.3) is 0 Å². The van der Waals surface area contributed by atoms with Crippen molar-refractivity contribution < 1.29 is 23.1 Å². The van der Waals surface area contributed by atoms with Crippen LogP contribution >= 0.6 is 0 Å². The molecule has 2 atom stereocenters. The Hall–Kier alpha value is -0.660. The minimum atomic E-state index is -3.65. The van der Waals surface area contributed by atoms with Crippen LogP contribution in [0.4, 0.5) is 0 Å². The van der Waals surface area contributed by atoms with Gasteiger partial charge in [0.05, 0.1) is 12.2 Å². The van der Waals surface area contributed by atoms with Crippen molar-refractivity contribution in [2.45, 2.75) is 25.0 Å². The van der Waals surface area contributed by atoms with Gasteiger partial charge in [-0.25, -0.2) is 8.42 Å². The molecule has 2 rings (SSSR count). The average molecular weight is 235 g/mol. The molecule has 0 saturated carbocycles. The molecule has 0 radical (unpaired) electrons. The molecule has 2 aliphatic heterocycles. The van der Waals surface area contributed by atoms with Crippen LogP contribution < -0.4 is 0 Å². The second kappa shape index (κ2) is 3.73. The first-order valence-corrected chi connectivity index (χ1v) is 6.43. The van der Waals surface area contributed by atoms with Crippen LogP contribution in [0.5, 0.6) is 0 Å². The van der Waals surface area contributed by atoms with E-state index in [1.54, 1.807) is 0 Å². The van der Waals surface area contributed by atoms with E-state index in [1.807, 2.05) is 0 Å². The standard InChI is InChI=1S/C8H13NO5S/c10-8(11)5-15(12,13)9-3-6-1-2-7(4-9)14-6/h6-7H,1-5H2,(H,10,11). The predicted octanol–water partition coefficient (Wildman–Crippen LogP) is -0.736. The van der Waals surface area contributed by atoms with Crippen molar-refractivity contribution in [1.29, 1.82) is 0 Å². The van der Waals surface area contributed by atoms with Crippen LogP contribution in [0.25, 0.3) is 0 Å². The summed E-state index contributed by atoms with van der Waals surface area (Å²) in [5.41, 5.74) is 0. The maximum absolute atomic E-state index is 11.6. The fourth-order valence-corrected chi connectivity index (χ4v) is 3.33. The number of aliphatic carboxylic acids is 1. The van der Waals surface area contributed by atoms with Gasteiger partial charge in [-0.05, 0) is 12.8 Å². The molecule has 2 saturated heterocycles. The quantitative estimate of drug-likeness (QED) is 0.696. The van der Waals surface area contributed by atoms with Crippen LogP contribution in [-0.2, 0) is 19.6 Å². The van der Waals surface area contributed by atoms with Crippen molar-refractivity contribution >= 4 is 16.0 Å². The molecule has 0 spiro atoms. The molecule has 15 heavy (non-hydrogen) atoms. The molecule has 0 aromatic carbocycles. The lowest BCUT2D eigenvalue weighted by atomic mass is 10.2. The van der Waals surface area contributed by atoms with Crippen LogP contribution in [0.1, 0.15) is 12.8 Å². The van der Waals surface area contributed by atoms with Crippen molar-refractivity contribution in [3.05, 3.63) is 0 Å². The highest BCUT2D eigenvalue weighted by Gasteiger charge is 2.39. The van der Waals surface area contributed by atoms with E-state index in [0.717, 1.165) is 12.8 Å². The molecule has 1 N–H and O–H groups in total. The molecule has 86 valence electrons. The second-order valence-electron chi connectivity index (χ2n) is 3.92. The Morgan fingerprint density at radius 1 is 1.33 bits per heavy atom. The monoisotopic (exact) mass is 235 g/mol. The van der Waals surface area contributed by atoms with Crippen molar-refractivity contribution in [1.82, 2.24) is 4.31 Å². The highest BCUT2D eigenvalue weighted by molar-refractivity contribution is 7.89. The number of carbonyl (C=O) groups is 1. The number of hydrogen-bond acceptors (Lipinski definition) is 4. The van der Waals surface area contributed by atoms with Gasteiger partial charge in [0.1, 0.15) is 0 Å². The van der Waals surface area contributed by atoms with Gasteiger partial charge >= 0.3 is 5.97 Å². The number of carboxylic acids is 1. The summed E-state index contributed by atoms with van der Waals surface area (Å²) in [7, 11) is -3.65. The van der Waals surface area contributed by atoms with Crippen LogP contribution in [0.3, 0.4) is 0 Å². The maximum atomic E-state index is 11.6. The number of nitrogens with zero attached hydrogens (tertiary/aromatic N) is 1. The van der Waals surface area contributed by atoms with Gasteiger partial charge < -0.3 is 9.84 Å². The van der Waals surface area contributed by atoms with E-state index < -0.39 is 21.7 Å². The Bertz CT molecular complexity index is 353. The number of morpholine rings is 1. The molecule has 0 amide bonds. The third-order valence-electron chi connectivity index (χ3n) is 2.71. The molecule has 0 aliphatic carbocycles. The zero-order valence-corrected chi connectivity index (χ0v) is 8.94. The number of hydrogen-bond donors (Lipinski definition) is 1. The average Bonchev–Trinajstić information content (AvgIpc) is 2.43. The van der Waals surface area contributed by atoms with E-state index >= 15 is 0 Å². The third kappa shape index (κ3) is 2.30. The first-order chi connectivity index (χ1) is 6.97. The van der Waals surface area contributed by atoms with Gasteiger partial charge in [0.2, 0.25) is 10.0 Å². The van der Waals surface area contributed by atoms with Gasteiger partial charge in [0, 0.05) is 13.1 Å². The maximum Gasteiger partial charge on any atom is 0.320 e. The van der Waals surface area contributed by atoms with Crippen molar-refractivity contribution in [3.8, 4) is 0 Å². The Morgan fingerprint density at radius 2 is 1.87 bits per heavy atom. The topological polar surface area (TPSA) is 83.9 Å². The SMILES string of the molecule is O=C(O)CS(=O)(=O)N1CC2CCC(C1)O2. The Balaban J connectivity index is 2.08. The molecule has 0 aromatic heterocycles. The summed E-state index contributed by atoms with van der Waals surface area (Å²) < 4.78 is 29.9. The number of rotatable bonds is 3. The summed E-state index contributed by atoms with van der Waals surface area (Å²) in [6.07, 6.45) is 1.63. The lowest BCUT2D eigenvalue weighted by molar-refractivity contribution is -0.134. The zero-order chi connectivity index (χ0) is 11.1. The molecule has 2 unspecified atom stereocenters. The molecule has 2 heterocycles. The second-order valence-corrected chi connectivity index (χ2v) is 5.89. The van der Waals surface area contributed by atoms with E-state index in [2.05, 4.69) is 0 Å². The molecule has 2 fully saturated rings. The van der Waals surface area contributed by atoms with Crippen molar-refractivity contribution in [3.63, 3.8) is 0 Å². The molecule has 7 heteroatoms. The van der Waals surface area contributed by atoms with Crippen molar-refractivity contribution in [2.24, 2.45) is 0 Å². The third-order valence-corrected chi connectivity index (χ3v) is 4.41. The summed E-state index contributed by atoms with van der Waals surface area (Å²) in [5, 5.41) is 8.49. The van der Waals surface area contributed by atoms with Crippen molar-refractivity contribution in [2.75, 3.05) is 18.8 Å². The first-order valence-electron chi connectivity index (χ1n) is 4.82. The van der Waals surface area contributed by atoms with E-state index in [4.69, 9.17) is 9.84 Å². The highest BCUT2D eigenvalue weighted by Crippen LogP contribution is 2.27. The normalized spacial score (nSPS) is 31.7. The van der Waals surface area contributed by atoms with Gasteiger partial charge in [-0.2, -0.15) is 4.31 Å². The minimum absolute atomic E-state index is 0.0488. The van der Waals surface area contributed by atoms with Crippen LogP contribution in [-0.4, -0.2) is 54.8 Å². The summed E-state index contributed by atoms with van der Waals surface area (Å²) in [6.45, 7) is 0.595. The molecule has 2 aliphatic rings. The largest absolute Gasteiger partial charge is 0.480 e. The summed E-state index contributed by atoms with van der Waals surface area (Å²) in [4.78, 5) is 10.4. The Kier molecular flexibility index (Phi) is 2.70. The van der Waals surface area contributed by atoms with Crippen LogP contribution in [0, 0.1) is 0 Å². The lowest BCUT2D eigenvalue weighted by Gasteiger charge is -2.30. The van der Waals surface area contributed by atoms with E-state index in [-0.39, 0.29) is 12.2 Å². The fourth-order valence-electron chi connectivity index (χ4n) is 2.05. The lowest BCUT2D eigenvalue weighted by Crippen LogP contribution is -2.47. The van der Waals surface area contributed by atoms with E-state index in [9.17, 15) is 13.2 Å². The summed E-state index contributed by atoms with van der Waals surface area (Å²) in [5.74, 6) is -2.14. The van der Waals surface area contributed by atoms with E-state index in [0.29, 0.717) is 13.1 Å². The van der Waals surface area contributed by atoms with Gasteiger partial charge in [-0.1, -0.05) is 0 Å². The van der Waals surface area contributed by atoms with Gasteiger partial charge in [-0.15, -0.1) is 0 Å². The number of carboxylic acid groups (broad SMARTS) is 1. The van der Waals surface area contributed by atoms with Gasteiger partial charge in [0.15, 0.2) is 5.75 Å². The Labute approximate surface area is 87.9 Å². The van der Waals surface area contributed by atoms with Crippen LogP contribution in [0.15, 0.2) is 0 Å². The van der Waals surface area contributed by atoms with Crippen LogP contribution in [0.2, 0.25) is 0 Å².